The molecular formula is C19H24N6O. The van der Waals surface area contributed by atoms with Gasteiger partial charge < -0.3 is 4.90 Å². The topological polar surface area (TPSA) is 69.5 Å². The molecule has 1 saturated heterocycles. The van der Waals surface area contributed by atoms with Crippen LogP contribution in [0.4, 0.5) is 11.4 Å². The molecule has 0 amide bonds. The molecule has 0 spiro atoms. The summed E-state index contributed by atoms with van der Waals surface area (Å²) in [5, 5.41) is 6.20. The lowest BCUT2D eigenvalue weighted by Gasteiger charge is -2.40. The van der Waals surface area contributed by atoms with E-state index in [2.05, 4.69) is 49.7 Å². The summed E-state index contributed by atoms with van der Waals surface area (Å²) in [5.41, 5.74) is 2.81. The highest BCUT2D eigenvalue weighted by Gasteiger charge is 2.27. The molecule has 0 aliphatic carbocycles. The number of hydrogen-bond acceptors (Lipinski definition) is 5. The zero-order chi connectivity index (χ0) is 18.5. The summed E-state index contributed by atoms with van der Waals surface area (Å²) in [6.07, 6.45) is 5.40. The Hall–Kier alpha value is -2.72. The van der Waals surface area contributed by atoms with Crippen molar-refractivity contribution in [3.63, 3.8) is 0 Å². The predicted molar refractivity (Wildman–Crippen MR) is 102 cm³/mol. The van der Waals surface area contributed by atoms with Crippen molar-refractivity contribution in [2.24, 2.45) is 0 Å². The maximum atomic E-state index is 11.8. The van der Waals surface area contributed by atoms with Gasteiger partial charge in [0.15, 0.2) is 0 Å². The summed E-state index contributed by atoms with van der Waals surface area (Å²) < 4.78 is 0. The Labute approximate surface area is 153 Å². The number of nitrogens with one attached hydrogen (secondary N) is 1. The average molecular weight is 352 g/mol. The van der Waals surface area contributed by atoms with E-state index in [0.717, 1.165) is 44.7 Å². The minimum atomic E-state index is -0.422. The first-order valence-electron chi connectivity index (χ1n) is 9.07. The number of pyridine rings is 1. The number of rotatable bonds is 5. The number of H-pyrrole nitrogens is 1. The molecule has 2 aromatic rings. The monoisotopic (exact) mass is 352 g/mol. The average Bonchev–Trinajstić information content (AvgIpc) is 2.69. The number of aromatic amines is 1. The summed E-state index contributed by atoms with van der Waals surface area (Å²) in [6, 6.07) is 4.54. The summed E-state index contributed by atoms with van der Waals surface area (Å²) in [6.45, 7) is 14.9. The molecule has 0 bridgehead atoms. The normalized spacial score (nSPS) is 16.3. The first-order valence-corrected chi connectivity index (χ1v) is 9.07. The highest BCUT2D eigenvalue weighted by molar-refractivity contribution is 5.68. The quantitative estimate of drug-likeness (QED) is 0.838. The Bertz CT molecular complexity index is 848. The van der Waals surface area contributed by atoms with Crippen LogP contribution >= 0.6 is 0 Å². The molecule has 0 radical (unpaired) electrons. The van der Waals surface area contributed by atoms with Gasteiger partial charge in [0.2, 0.25) is 0 Å². The van der Waals surface area contributed by atoms with Gasteiger partial charge >= 0.3 is 0 Å². The minimum Gasteiger partial charge on any atom is -0.376 e. The van der Waals surface area contributed by atoms with Crippen LogP contribution in [0.15, 0.2) is 29.3 Å². The smallest absolute Gasteiger partial charge is 0.275 e. The van der Waals surface area contributed by atoms with E-state index in [1.165, 1.54) is 5.56 Å². The first-order chi connectivity index (χ1) is 12.7. The van der Waals surface area contributed by atoms with Crippen molar-refractivity contribution in [2.75, 3.05) is 31.1 Å². The fraction of sp³-hybridized carbons (Fsp3) is 0.474. The molecule has 1 N–H and O–H groups in total. The van der Waals surface area contributed by atoms with Crippen LogP contribution in [0.3, 0.4) is 0 Å². The number of nitrogens with zero attached hydrogens (tertiary/aromatic N) is 5. The van der Waals surface area contributed by atoms with Gasteiger partial charge in [-0.15, -0.1) is 0 Å². The van der Waals surface area contributed by atoms with E-state index < -0.39 is 5.56 Å². The van der Waals surface area contributed by atoms with Gasteiger partial charge in [0.1, 0.15) is 0 Å². The van der Waals surface area contributed by atoms with Crippen LogP contribution in [0.5, 0.6) is 0 Å². The zero-order valence-electron chi connectivity index (χ0n) is 15.3. The van der Waals surface area contributed by atoms with Crippen molar-refractivity contribution < 1.29 is 0 Å². The Balaban J connectivity index is 1.77. The molecule has 1 aliphatic rings. The minimum absolute atomic E-state index is 0.126. The van der Waals surface area contributed by atoms with Crippen molar-refractivity contribution in [3.8, 4) is 0 Å². The molecule has 1 atom stereocenters. The number of anilines is 1. The largest absolute Gasteiger partial charge is 0.376 e. The predicted octanol–water partition coefficient (Wildman–Crippen LogP) is 2.55. The molecule has 0 aromatic carbocycles. The fourth-order valence-electron chi connectivity index (χ4n) is 3.72. The van der Waals surface area contributed by atoms with Crippen LogP contribution in [-0.2, 0) is 6.42 Å². The van der Waals surface area contributed by atoms with Gasteiger partial charge in [0.05, 0.1) is 18.5 Å². The van der Waals surface area contributed by atoms with Crippen LogP contribution < -0.4 is 10.5 Å². The van der Waals surface area contributed by atoms with Gasteiger partial charge in [-0.2, -0.15) is 5.10 Å². The van der Waals surface area contributed by atoms with Crippen LogP contribution in [0.25, 0.3) is 4.85 Å². The molecule has 1 aliphatic heterocycles. The van der Waals surface area contributed by atoms with E-state index in [4.69, 9.17) is 6.57 Å². The third kappa shape index (κ3) is 3.46. The Morgan fingerprint density at radius 2 is 2.08 bits per heavy atom. The second-order valence-electron chi connectivity index (χ2n) is 6.38. The molecular weight excluding hydrogens is 328 g/mol. The fourth-order valence-corrected chi connectivity index (χ4v) is 3.72. The molecule has 7 nitrogen and oxygen atoms in total. The van der Waals surface area contributed by atoms with Crippen LogP contribution in [0.2, 0.25) is 0 Å². The Kier molecular flexibility index (Phi) is 5.64. The van der Waals surface area contributed by atoms with Crippen molar-refractivity contribution >= 4 is 11.4 Å². The van der Waals surface area contributed by atoms with E-state index >= 15 is 0 Å². The standard InChI is InChI=1S/C19H24N6O/c1-4-15-14(7-6-8-21-15)16(5-2)24-9-11-25(12-10-24)17-13-22-23-19(26)18(17)20-3/h6-8,13,16H,4-5,9-12H2,1-2H3,(H,23,26)/t16-/m1/s1. The third-order valence-corrected chi connectivity index (χ3v) is 5.02. The lowest BCUT2D eigenvalue weighted by molar-refractivity contribution is 0.180. The second-order valence-corrected chi connectivity index (χ2v) is 6.38. The van der Waals surface area contributed by atoms with E-state index in [1.807, 2.05) is 12.3 Å². The molecule has 26 heavy (non-hydrogen) atoms. The molecule has 3 rings (SSSR count). The van der Waals surface area contributed by atoms with Gasteiger partial charge in [-0.3, -0.25) is 19.8 Å². The Morgan fingerprint density at radius 1 is 1.31 bits per heavy atom. The lowest BCUT2D eigenvalue weighted by Crippen LogP contribution is -2.48. The number of aryl methyl sites for hydroxylation is 1. The highest BCUT2D eigenvalue weighted by Crippen LogP contribution is 2.30. The summed E-state index contributed by atoms with van der Waals surface area (Å²) in [7, 11) is 0. The number of hydrogen-bond donors (Lipinski definition) is 1. The zero-order valence-corrected chi connectivity index (χ0v) is 15.3. The van der Waals surface area contributed by atoms with E-state index in [0.29, 0.717) is 11.7 Å². The SMILES string of the molecule is [C-]#[N+]c1c(N2CCN([C@H](CC)c3cccnc3CC)CC2)cn[nH]c1=O. The molecule has 2 aromatic heterocycles. The lowest BCUT2D eigenvalue weighted by atomic mass is 9.99. The van der Waals surface area contributed by atoms with Gasteiger partial charge in [-0.25, -0.2) is 4.85 Å². The van der Waals surface area contributed by atoms with Crippen molar-refractivity contribution in [1.29, 1.82) is 0 Å². The van der Waals surface area contributed by atoms with E-state index in [1.54, 1.807) is 6.20 Å². The van der Waals surface area contributed by atoms with Gasteiger partial charge in [0, 0.05) is 44.1 Å². The van der Waals surface area contributed by atoms with Crippen molar-refractivity contribution in [1.82, 2.24) is 20.1 Å². The van der Waals surface area contributed by atoms with Gasteiger partial charge in [-0.1, -0.05) is 19.9 Å². The molecule has 3 heterocycles. The molecule has 0 saturated carbocycles. The van der Waals surface area contributed by atoms with Crippen LogP contribution in [-0.4, -0.2) is 46.3 Å². The summed E-state index contributed by atoms with van der Waals surface area (Å²) >= 11 is 0. The van der Waals surface area contributed by atoms with E-state index in [-0.39, 0.29) is 5.69 Å². The van der Waals surface area contributed by atoms with Gasteiger partial charge in [0.25, 0.3) is 11.2 Å². The maximum Gasteiger partial charge on any atom is 0.275 e. The van der Waals surface area contributed by atoms with E-state index in [9.17, 15) is 4.79 Å². The highest BCUT2D eigenvalue weighted by atomic mass is 16.1. The molecule has 136 valence electrons. The molecule has 0 unspecified atom stereocenters. The second kappa shape index (κ2) is 8.11. The number of piperazine rings is 1. The van der Waals surface area contributed by atoms with Crippen molar-refractivity contribution in [2.45, 2.75) is 32.7 Å². The Morgan fingerprint density at radius 3 is 2.73 bits per heavy atom. The summed E-state index contributed by atoms with van der Waals surface area (Å²) in [5.74, 6) is 0. The van der Waals surface area contributed by atoms with Crippen LogP contribution in [0, 0.1) is 6.57 Å². The third-order valence-electron chi connectivity index (χ3n) is 5.02. The summed E-state index contributed by atoms with van der Waals surface area (Å²) in [4.78, 5) is 24.3. The first kappa shape index (κ1) is 18.1. The van der Waals surface area contributed by atoms with Crippen molar-refractivity contribution in [3.05, 3.63) is 57.6 Å². The van der Waals surface area contributed by atoms with Crippen LogP contribution in [0.1, 0.15) is 37.6 Å². The number of aromatic nitrogens is 3. The maximum absolute atomic E-state index is 11.8. The van der Waals surface area contributed by atoms with Gasteiger partial charge in [-0.05, 0) is 24.5 Å². The molecule has 1 fully saturated rings. The molecule has 7 heteroatoms.